The lowest BCUT2D eigenvalue weighted by Crippen LogP contribution is -2.42. The molecule has 2 aromatic heterocycles. The minimum absolute atomic E-state index is 0.0870. The van der Waals surface area contributed by atoms with Gasteiger partial charge in [0.25, 0.3) is 0 Å². The van der Waals surface area contributed by atoms with Crippen LogP contribution in [0.25, 0.3) is 0 Å². The maximum atomic E-state index is 11.6. The summed E-state index contributed by atoms with van der Waals surface area (Å²) >= 11 is 0. The fourth-order valence-corrected chi connectivity index (χ4v) is 6.77. The number of hydrogen-bond donors (Lipinski definition) is 1. The van der Waals surface area contributed by atoms with Gasteiger partial charge in [-0.25, -0.2) is 14.8 Å². The summed E-state index contributed by atoms with van der Waals surface area (Å²) in [5.74, 6) is 3.04. The number of carbonyl (C=O) groups excluding carboxylic acids is 1. The molecule has 2 saturated heterocycles. The second kappa shape index (κ2) is 15.7. The van der Waals surface area contributed by atoms with E-state index in [1.165, 1.54) is 52.0 Å². The molecule has 0 radical (unpaired) electrons. The van der Waals surface area contributed by atoms with Crippen LogP contribution in [0.2, 0.25) is 0 Å². The van der Waals surface area contributed by atoms with Gasteiger partial charge in [0.2, 0.25) is 0 Å². The second-order valence-electron chi connectivity index (χ2n) is 13.0. The third kappa shape index (κ3) is 9.39. The predicted molar refractivity (Wildman–Crippen MR) is 171 cm³/mol. The molecule has 3 aromatic rings. The van der Waals surface area contributed by atoms with Crippen LogP contribution in [0, 0.1) is 11.3 Å². The summed E-state index contributed by atoms with van der Waals surface area (Å²) in [6.45, 7) is 17.3. The number of nitrogens with zero attached hydrogens (tertiary/aromatic N) is 6. The topological polar surface area (TPSA) is 91.8 Å². The third-order valence-electron chi connectivity index (χ3n) is 9.02. The van der Waals surface area contributed by atoms with Crippen molar-refractivity contribution in [2.45, 2.75) is 72.6 Å². The van der Waals surface area contributed by atoms with Gasteiger partial charge in [-0.05, 0) is 87.8 Å². The number of nitrogens with one attached hydrogen (secondary N) is 1. The van der Waals surface area contributed by atoms with Crippen LogP contribution in [-0.2, 0) is 35.7 Å². The largest absolute Gasteiger partial charge is 0.482 e. The van der Waals surface area contributed by atoms with Gasteiger partial charge in [0.1, 0.15) is 17.4 Å². The molecule has 1 N–H and O–H groups in total. The number of benzene rings is 1. The SMILES string of the molecule is CCOC(=O)COc1ccc(CN(Cc2ncc[nH]2)Cc2nccn2CCCN2CCC3(CCN(CC(C)C)CC3)C2)cc1. The monoisotopic (exact) mass is 605 g/mol. The van der Waals surface area contributed by atoms with Crippen molar-refractivity contribution >= 4 is 5.97 Å². The quantitative estimate of drug-likeness (QED) is 0.237. The third-order valence-corrected chi connectivity index (χ3v) is 9.02. The van der Waals surface area contributed by atoms with Gasteiger partial charge in [-0.1, -0.05) is 26.0 Å². The molecule has 1 spiro atoms. The number of carbonyl (C=O) groups is 1. The molecule has 2 aliphatic heterocycles. The van der Waals surface area contributed by atoms with E-state index < -0.39 is 0 Å². The fraction of sp³-hybridized carbons (Fsp3) is 0.618. The summed E-state index contributed by atoms with van der Waals surface area (Å²) < 4.78 is 12.8. The molecular weight excluding hydrogens is 554 g/mol. The van der Waals surface area contributed by atoms with Crippen LogP contribution < -0.4 is 4.74 Å². The first-order chi connectivity index (χ1) is 21.4. The normalized spacial score (nSPS) is 17.2. The van der Waals surface area contributed by atoms with Gasteiger partial charge >= 0.3 is 5.97 Å². The maximum absolute atomic E-state index is 11.6. The molecule has 0 unspecified atom stereocenters. The summed E-state index contributed by atoms with van der Waals surface area (Å²) in [4.78, 5) is 31.8. The lowest BCUT2D eigenvalue weighted by Gasteiger charge is -2.40. The van der Waals surface area contributed by atoms with Crippen molar-refractivity contribution < 1.29 is 14.3 Å². The molecule has 10 heteroatoms. The molecule has 2 fully saturated rings. The molecule has 0 bridgehead atoms. The van der Waals surface area contributed by atoms with E-state index in [1.807, 2.05) is 36.7 Å². The molecule has 0 amide bonds. The lowest BCUT2D eigenvalue weighted by molar-refractivity contribution is -0.145. The average molecular weight is 606 g/mol. The number of hydrogen-bond acceptors (Lipinski definition) is 8. The van der Waals surface area contributed by atoms with Gasteiger partial charge in [-0.3, -0.25) is 4.90 Å². The van der Waals surface area contributed by atoms with Crippen LogP contribution in [-0.4, -0.2) is 92.7 Å². The number of imidazole rings is 2. The Kier molecular flexibility index (Phi) is 11.5. The van der Waals surface area contributed by atoms with Gasteiger partial charge in [-0.15, -0.1) is 0 Å². The standard InChI is InChI=1S/C34H51N7O3/c1-4-43-33(42)26-44-30-8-6-29(7-9-30)23-40(24-31-35-13-14-36-31)25-32-37-15-21-41(32)17-5-16-39-20-12-34(27-39)10-18-38(19-11-34)22-28(2)3/h6-9,13-15,21,28H,4-5,10-12,16-20,22-27H2,1-3H3,(H,35,36). The van der Waals surface area contributed by atoms with E-state index in [1.54, 1.807) is 13.1 Å². The molecule has 44 heavy (non-hydrogen) atoms. The summed E-state index contributed by atoms with van der Waals surface area (Å²) in [7, 11) is 0. The fourth-order valence-electron chi connectivity index (χ4n) is 6.77. The zero-order valence-electron chi connectivity index (χ0n) is 26.9. The van der Waals surface area contributed by atoms with Gasteiger partial charge in [-0.2, -0.15) is 0 Å². The van der Waals surface area contributed by atoms with E-state index in [9.17, 15) is 4.79 Å². The van der Waals surface area contributed by atoms with Crippen LogP contribution in [0.15, 0.2) is 49.1 Å². The van der Waals surface area contributed by atoms with Crippen LogP contribution in [0.3, 0.4) is 0 Å². The second-order valence-corrected chi connectivity index (χ2v) is 13.0. The highest BCUT2D eigenvalue weighted by molar-refractivity contribution is 5.71. The van der Waals surface area contributed by atoms with Crippen molar-refractivity contribution in [2.75, 3.05) is 52.5 Å². The Hall–Kier alpha value is -3.21. The van der Waals surface area contributed by atoms with Gasteiger partial charge in [0.15, 0.2) is 6.61 Å². The molecule has 5 rings (SSSR count). The highest BCUT2D eigenvalue weighted by Crippen LogP contribution is 2.40. The van der Waals surface area contributed by atoms with Crippen LogP contribution in [0.4, 0.5) is 0 Å². The zero-order valence-corrected chi connectivity index (χ0v) is 26.9. The summed E-state index contributed by atoms with van der Waals surface area (Å²) in [6.07, 6.45) is 12.9. The summed E-state index contributed by atoms with van der Waals surface area (Å²) in [5.41, 5.74) is 1.70. The van der Waals surface area contributed by atoms with Crippen molar-refractivity contribution in [1.82, 2.24) is 34.2 Å². The van der Waals surface area contributed by atoms with E-state index in [2.05, 4.69) is 49.3 Å². The highest BCUT2D eigenvalue weighted by Gasteiger charge is 2.40. The molecule has 0 saturated carbocycles. The van der Waals surface area contributed by atoms with Crippen LogP contribution >= 0.6 is 0 Å². The Labute approximate surface area is 262 Å². The van der Waals surface area contributed by atoms with Gasteiger partial charge in [0.05, 0.1) is 19.7 Å². The number of piperidine rings is 1. The first-order valence-electron chi connectivity index (χ1n) is 16.4. The maximum Gasteiger partial charge on any atom is 0.344 e. The van der Waals surface area contributed by atoms with Crippen molar-refractivity contribution in [3.05, 3.63) is 66.3 Å². The number of aromatic amines is 1. The minimum Gasteiger partial charge on any atom is -0.482 e. The Bertz CT molecular complexity index is 1270. The number of rotatable bonds is 16. The smallest absolute Gasteiger partial charge is 0.344 e. The Morgan fingerprint density at radius 3 is 2.48 bits per heavy atom. The van der Waals surface area contributed by atoms with Crippen molar-refractivity contribution in [2.24, 2.45) is 11.3 Å². The van der Waals surface area contributed by atoms with Crippen LogP contribution in [0.5, 0.6) is 5.75 Å². The molecule has 240 valence electrons. The van der Waals surface area contributed by atoms with Gasteiger partial charge in [0, 0.05) is 51.0 Å². The number of H-pyrrole nitrogens is 1. The Balaban J connectivity index is 1.11. The number of aryl methyl sites for hydroxylation is 1. The number of ether oxygens (including phenoxy) is 2. The van der Waals surface area contributed by atoms with Crippen molar-refractivity contribution in [1.29, 1.82) is 0 Å². The number of esters is 1. The highest BCUT2D eigenvalue weighted by atomic mass is 16.6. The van der Waals surface area contributed by atoms with Crippen molar-refractivity contribution in [3.8, 4) is 5.75 Å². The summed E-state index contributed by atoms with van der Waals surface area (Å²) in [6, 6.07) is 7.88. The summed E-state index contributed by atoms with van der Waals surface area (Å²) in [5, 5.41) is 0. The zero-order chi connectivity index (χ0) is 30.8. The molecule has 10 nitrogen and oxygen atoms in total. The molecule has 0 aliphatic carbocycles. The molecule has 0 atom stereocenters. The molecule has 2 aliphatic rings. The molecule has 1 aromatic carbocycles. The first-order valence-corrected chi connectivity index (χ1v) is 16.4. The number of aromatic nitrogens is 4. The van der Waals surface area contributed by atoms with Crippen molar-refractivity contribution in [3.63, 3.8) is 0 Å². The Morgan fingerprint density at radius 2 is 1.77 bits per heavy atom. The van der Waals surface area contributed by atoms with E-state index in [0.717, 1.165) is 49.2 Å². The number of likely N-dealkylation sites (tertiary alicyclic amines) is 2. The molecular formula is C34H51N7O3. The first kappa shape index (κ1) is 32.2. The van der Waals surface area contributed by atoms with E-state index >= 15 is 0 Å². The van der Waals surface area contributed by atoms with E-state index in [0.29, 0.717) is 30.9 Å². The van der Waals surface area contributed by atoms with Gasteiger partial charge < -0.3 is 28.8 Å². The average Bonchev–Trinajstić information content (AvgIpc) is 3.77. The minimum atomic E-state index is -0.362. The Morgan fingerprint density at radius 1 is 1.00 bits per heavy atom. The van der Waals surface area contributed by atoms with E-state index in [4.69, 9.17) is 14.5 Å². The van der Waals surface area contributed by atoms with E-state index in [-0.39, 0.29) is 12.6 Å². The molecule has 4 heterocycles. The lowest BCUT2D eigenvalue weighted by atomic mass is 9.77. The van der Waals surface area contributed by atoms with Crippen LogP contribution in [0.1, 0.15) is 63.7 Å². The predicted octanol–water partition coefficient (Wildman–Crippen LogP) is 4.58.